The minimum Gasteiger partial charge on any atom is -0.481 e. The lowest BCUT2D eigenvalue weighted by Crippen LogP contribution is -2.42. The molecule has 0 spiro atoms. The van der Waals surface area contributed by atoms with Crippen LogP contribution in [0, 0.1) is 17.3 Å². The van der Waals surface area contributed by atoms with Crippen molar-refractivity contribution in [1.29, 1.82) is 0 Å². The molecule has 2 fully saturated rings. The summed E-state index contributed by atoms with van der Waals surface area (Å²) in [6, 6.07) is 16.3. The Labute approximate surface area is 205 Å². The van der Waals surface area contributed by atoms with Gasteiger partial charge in [0.25, 0.3) is 0 Å². The minimum atomic E-state index is -0.797. The molecule has 3 unspecified atom stereocenters. The topological polar surface area (TPSA) is 95.9 Å². The molecule has 1 heterocycles. The maximum atomic E-state index is 13.2. The zero-order valence-electron chi connectivity index (χ0n) is 20.0. The zero-order chi connectivity index (χ0) is 24.6. The number of amides is 2. The van der Waals surface area contributed by atoms with Crippen LogP contribution in [-0.2, 0) is 14.3 Å². The fraction of sp³-hybridized carbons (Fsp3) is 0.464. The molecule has 1 saturated carbocycles. The van der Waals surface area contributed by atoms with Crippen LogP contribution in [0.15, 0.2) is 48.5 Å². The molecule has 0 aromatic heterocycles. The molecule has 2 aromatic rings. The van der Waals surface area contributed by atoms with E-state index in [4.69, 9.17) is 4.74 Å². The maximum Gasteiger partial charge on any atom is 0.407 e. The van der Waals surface area contributed by atoms with Crippen molar-refractivity contribution >= 4 is 18.0 Å². The molecule has 35 heavy (non-hydrogen) atoms. The van der Waals surface area contributed by atoms with Gasteiger partial charge < -0.3 is 20.1 Å². The van der Waals surface area contributed by atoms with Crippen molar-refractivity contribution in [3.05, 3.63) is 59.7 Å². The van der Waals surface area contributed by atoms with Crippen molar-refractivity contribution in [2.24, 2.45) is 17.3 Å². The fourth-order valence-corrected chi connectivity index (χ4v) is 6.33. The maximum absolute atomic E-state index is 13.2. The Balaban J connectivity index is 1.17. The van der Waals surface area contributed by atoms with Crippen LogP contribution in [0.3, 0.4) is 0 Å². The van der Waals surface area contributed by atoms with E-state index in [9.17, 15) is 19.5 Å². The monoisotopic (exact) mass is 476 g/mol. The van der Waals surface area contributed by atoms with Gasteiger partial charge in [0, 0.05) is 25.6 Å². The Morgan fingerprint density at radius 1 is 1.11 bits per heavy atom. The molecule has 2 aliphatic carbocycles. The SMILES string of the molecule is CCC(CNC(=O)OCC1c2ccccc2-c2ccccc21)C(=O)N1CC2CCCC2(C(=O)O)C1. The van der Waals surface area contributed by atoms with Gasteiger partial charge in [0.1, 0.15) is 6.61 Å². The summed E-state index contributed by atoms with van der Waals surface area (Å²) in [4.78, 5) is 39.4. The van der Waals surface area contributed by atoms with Gasteiger partial charge >= 0.3 is 12.1 Å². The molecule has 7 heteroatoms. The number of likely N-dealkylation sites (tertiary alicyclic amines) is 1. The van der Waals surface area contributed by atoms with Crippen LogP contribution in [0.1, 0.15) is 49.7 Å². The van der Waals surface area contributed by atoms with Crippen LogP contribution in [-0.4, -0.2) is 54.2 Å². The van der Waals surface area contributed by atoms with Gasteiger partial charge in [-0.25, -0.2) is 4.79 Å². The van der Waals surface area contributed by atoms with E-state index in [1.54, 1.807) is 4.90 Å². The van der Waals surface area contributed by atoms with Crippen molar-refractivity contribution in [2.45, 2.75) is 38.5 Å². The highest BCUT2D eigenvalue weighted by molar-refractivity contribution is 5.83. The Morgan fingerprint density at radius 3 is 2.37 bits per heavy atom. The standard InChI is InChI=1S/C28H32N2O5/c1-2-18(25(31)30-15-19-8-7-13-28(19,17-30)26(32)33)14-29-27(34)35-16-24-22-11-5-3-9-20(22)21-10-4-6-12-23(21)24/h3-6,9-12,18-19,24H,2,7-8,13-17H2,1H3,(H,29,34)(H,32,33). The highest BCUT2D eigenvalue weighted by Gasteiger charge is 2.56. The second-order valence-corrected chi connectivity index (χ2v) is 10.1. The number of fused-ring (bicyclic) bond motifs is 4. The number of nitrogens with zero attached hydrogens (tertiary/aromatic N) is 1. The highest BCUT2D eigenvalue weighted by atomic mass is 16.5. The molecule has 5 rings (SSSR count). The van der Waals surface area contributed by atoms with E-state index in [-0.39, 0.29) is 37.4 Å². The smallest absolute Gasteiger partial charge is 0.407 e. The number of carbonyl (C=O) groups is 3. The quantitative estimate of drug-likeness (QED) is 0.622. The molecular weight excluding hydrogens is 444 g/mol. The average molecular weight is 477 g/mol. The Morgan fingerprint density at radius 2 is 1.77 bits per heavy atom. The lowest BCUT2D eigenvalue weighted by molar-refractivity contribution is -0.149. The number of rotatable bonds is 7. The third-order valence-electron chi connectivity index (χ3n) is 8.29. The number of carbonyl (C=O) groups excluding carboxylic acids is 2. The normalized spacial score (nSPS) is 23.3. The van der Waals surface area contributed by atoms with E-state index in [2.05, 4.69) is 29.6 Å². The van der Waals surface area contributed by atoms with Gasteiger partial charge in [-0.2, -0.15) is 0 Å². The summed E-state index contributed by atoms with van der Waals surface area (Å²) in [5, 5.41) is 12.6. The molecule has 184 valence electrons. The molecule has 2 amide bonds. The Bertz CT molecular complexity index is 1100. The number of carboxylic acids is 1. The largest absolute Gasteiger partial charge is 0.481 e. The molecule has 0 bridgehead atoms. The summed E-state index contributed by atoms with van der Waals surface area (Å²) in [5.74, 6) is -1.27. The molecular formula is C28H32N2O5. The Hall–Kier alpha value is -3.35. The van der Waals surface area contributed by atoms with E-state index in [0.29, 0.717) is 19.4 Å². The van der Waals surface area contributed by atoms with Crippen LogP contribution >= 0.6 is 0 Å². The summed E-state index contributed by atoms with van der Waals surface area (Å²) in [7, 11) is 0. The summed E-state index contributed by atoms with van der Waals surface area (Å²) in [5.41, 5.74) is 3.84. The lowest BCUT2D eigenvalue weighted by Gasteiger charge is -2.26. The molecule has 3 atom stereocenters. The van der Waals surface area contributed by atoms with E-state index in [0.717, 1.165) is 24.0 Å². The van der Waals surface area contributed by atoms with E-state index in [1.165, 1.54) is 11.1 Å². The van der Waals surface area contributed by atoms with Gasteiger partial charge in [0.15, 0.2) is 0 Å². The number of alkyl carbamates (subject to hydrolysis) is 1. The number of hydrogen-bond donors (Lipinski definition) is 2. The zero-order valence-corrected chi connectivity index (χ0v) is 20.0. The third kappa shape index (κ3) is 4.07. The first kappa shape index (κ1) is 23.4. The number of aliphatic carboxylic acids is 1. The molecule has 2 N–H and O–H groups in total. The number of nitrogens with one attached hydrogen (secondary N) is 1. The van der Waals surface area contributed by atoms with Crippen molar-refractivity contribution in [3.63, 3.8) is 0 Å². The lowest BCUT2D eigenvalue weighted by atomic mass is 9.81. The summed E-state index contributed by atoms with van der Waals surface area (Å²) < 4.78 is 5.60. The van der Waals surface area contributed by atoms with E-state index in [1.807, 2.05) is 31.2 Å². The van der Waals surface area contributed by atoms with Crippen molar-refractivity contribution in [2.75, 3.05) is 26.2 Å². The molecule has 1 saturated heterocycles. The number of benzene rings is 2. The van der Waals surface area contributed by atoms with Gasteiger partial charge in [-0.1, -0.05) is 61.9 Å². The number of hydrogen-bond acceptors (Lipinski definition) is 4. The second kappa shape index (κ2) is 9.36. The van der Waals surface area contributed by atoms with Crippen LogP contribution in [0.25, 0.3) is 11.1 Å². The van der Waals surface area contributed by atoms with Gasteiger partial charge in [0.05, 0.1) is 11.3 Å². The minimum absolute atomic E-state index is 0.0204. The number of ether oxygens (including phenoxy) is 1. The first-order valence-corrected chi connectivity index (χ1v) is 12.6. The average Bonchev–Trinajstić information content (AvgIpc) is 3.53. The predicted octanol–water partition coefficient (Wildman–Crippen LogP) is 4.26. The van der Waals surface area contributed by atoms with Crippen molar-refractivity contribution in [3.8, 4) is 11.1 Å². The summed E-state index contributed by atoms with van der Waals surface area (Å²) >= 11 is 0. The van der Waals surface area contributed by atoms with E-state index >= 15 is 0 Å². The number of carboxylic acid groups (broad SMARTS) is 1. The van der Waals surface area contributed by atoms with Crippen LogP contribution in [0.2, 0.25) is 0 Å². The van der Waals surface area contributed by atoms with Gasteiger partial charge in [-0.3, -0.25) is 9.59 Å². The van der Waals surface area contributed by atoms with Crippen LogP contribution in [0.5, 0.6) is 0 Å². The van der Waals surface area contributed by atoms with Crippen LogP contribution < -0.4 is 5.32 Å². The van der Waals surface area contributed by atoms with Crippen molar-refractivity contribution in [1.82, 2.24) is 10.2 Å². The van der Waals surface area contributed by atoms with Gasteiger partial charge in [-0.05, 0) is 47.4 Å². The third-order valence-corrected chi connectivity index (χ3v) is 8.29. The molecule has 2 aromatic carbocycles. The first-order valence-electron chi connectivity index (χ1n) is 12.6. The fourth-order valence-electron chi connectivity index (χ4n) is 6.33. The van der Waals surface area contributed by atoms with Crippen LogP contribution in [0.4, 0.5) is 4.79 Å². The van der Waals surface area contributed by atoms with Gasteiger partial charge in [0.2, 0.25) is 5.91 Å². The highest BCUT2D eigenvalue weighted by Crippen LogP contribution is 2.49. The summed E-state index contributed by atoms with van der Waals surface area (Å²) in [6.45, 7) is 3.07. The molecule has 0 radical (unpaired) electrons. The van der Waals surface area contributed by atoms with Crippen molar-refractivity contribution < 1.29 is 24.2 Å². The summed E-state index contributed by atoms with van der Waals surface area (Å²) in [6.07, 6.45) is 2.40. The predicted molar refractivity (Wildman–Crippen MR) is 131 cm³/mol. The first-order chi connectivity index (χ1) is 16.9. The second-order valence-electron chi connectivity index (χ2n) is 10.1. The molecule has 1 aliphatic heterocycles. The molecule has 7 nitrogen and oxygen atoms in total. The molecule has 3 aliphatic rings. The van der Waals surface area contributed by atoms with Gasteiger partial charge in [-0.15, -0.1) is 0 Å². The Kier molecular flexibility index (Phi) is 6.26. The van der Waals surface area contributed by atoms with E-state index < -0.39 is 23.4 Å².